The van der Waals surface area contributed by atoms with Gasteiger partial charge in [0, 0.05) is 25.4 Å². The summed E-state index contributed by atoms with van der Waals surface area (Å²) in [5, 5.41) is 0. The van der Waals surface area contributed by atoms with E-state index in [2.05, 4.69) is 0 Å². The number of likely N-dealkylation sites (N-methyl/N-ethyl adjacent to an activating group) is 1. The monoisotopic (exact) mass is 316 g/mol. The Bertz CT molecular complexity index is 613. The number of rotatable bonds is 5. The Morgan fingerprint density at radius 3 is 2.76 bits per heavy atom. The smallest absolute Gasteiger partial charge is 0.246 e. The number of nitrogen functional groups attached to an aromatic ring is 1. The maximum Gasteiger partial charge on any atom is 0.246 e. The van der Waals surface area contributed by atoms with Gasteiger partial charge in [-0.2, -0.15) is 4.31 Å². The van der Waals surface area contributed by atoms with E-state index in [1.54, 1.807) is 13.8 Å². The Hall–Kier alpha value is -1.18. The molecule has 0 spiro atoms. The Kier molecular flexibility index (Phi) is 4.85. The number of halogens is 1. The molecule has 5 nitrogen and oxygen atoms in total. The molecule has 0 radical (unpaired) electrons. The highest BCUT2D eigenvalue weighted by Gasteiger charge is 2.30. The van der Waals surface area contributed by atoms with E-state index >= 15 is 0 Å². The molecule has 1 unspecified atom stereocenters. The summed E-state index contributed by atoms with van der Waals surface area (Å²) >= 11 is 0. The molecule has 0 saturated carbocycles. The molecule has 1 aromatic carbocycles. The van der Waals surface area contributed by atoms with Gasteiger partial charge in [0.05, 0.1) is 6.10 Å². The van der Waals surface area contributed by atoms with Crippen molar-refractivity contribution in [1.29, 1.82) is 0 Å². The number of benzene rings is 1. The summed E-state index contributed by atoms with van der Waals surface area (Å²) in [6, 6.07) is 2.35. The van der Waals surface area contributed by atoms with Crippen LogP contribution in [0.2, 0.25) is 0 Å². The molecule has 21 heavy (non-hydrogen) atoms. The zero-order chi connectivity index (χ0) is 15.6. The highest BCUT2D eigenvalue weighted by molar-refractivity contribution is 7.89. The lowest BCUT2D eigenvalue weighted by Gasteiger charge is -2.24. The first-order valence-electron chi connectivity index (χ1n) is 7.03. The normalized spacial score (nSPS) is 19.3. The van der Waals surface area contributed by atoms with E-state index in [0.717, 1.165) is 18.9 Å². The summed E-state index contributed by atoms with van der Waals surface area (Å²) in [6.07, 6.45) is 1.63. The standard InChI is InChI=1S/C14H21FN2O3S/c1-3-17(9-11-5-4-6-20-11)21(18,19)14-8-13(16)10(2)7-12(14)15/h7-8,11H,3-6,9,16H2,1-2H3. The van der Waals surface area contributed by atoms with Crippen LogP contribution in [0.25, 0.3) is 0 Å². The minimum atomic E-state index is -3.91. The first kappa shape index (κ1) is 16.2. The molecule has 1 atom stereocenters. The van der Waals surface area contributed by atoms with Crippen LogP contribution in [0.15, 0.2) is 17.0 Å². The van der Waals surface area contributed by atoms with Crippen molar-refractivity contribution in [3.05, 3.63) is 23.5 Å². The van der Waals surface area contributed by atoms with Gasteiger partial charge in [-0.1, -0.05) is 6.92 Å². The van der Waals surface area contributed by atoms with Crippen molar-refractivity contribution in [3.63, 3.8) is 0 Å². The predicted molar refractivity (Wildman–Crippen MR) is 79.0 cm³/mol. The lowest BCUT2D eigenvalue weighted by molar-refractivity contribution is 0.0946. The SMILES string of the molecule is CCN(CC1CCCO1)S(=O)(=O)c1cc(N)c(C)cc1F. The second-order valence-corrected chi connectivity index (χ2v) is 7.14. The average molecular weight is 316 g/mol. The summed E-state index contributed by atoms with van der Waals surface area (Å²) in [6.45, 7) is 4.51. The van der Waals surface area contributed by atoms with Crippen LogP contribution < -0.4 is 5.73 Å². The lowest BCUT2D eigenvalue weighted by atomic mass is 10.2. The van der Waals surface area contributed by atoms with Gasteiger partial charge in [-0.05, 0) is 37.5 Å². The van der Waals surface area contributed by atoms with E-state index in [0.29, 0.717) is 12.2 Å². The van der Waals surface area contributed by atoms with Crippen molar-refractivity contribution in [2.24, 2.45) is 0 Å². The molecule has 2 rings (SSSR count). The van der Waals surface area contributed by atoms with Crippen molar-refractivity contribution in [1.82, 2.24) is 4.31 Å². The highest BCUT2D eigenvalue weighted by Crippen LogP contribution is 2.25. The minimum absolute atomic E-state index is 0.120. The number of sulfonamides is 1. The quantitative estimate of drug-likeness (QED) is 0.842. The van der Waals surface area contributed by atoms with E-state index in [1.165, 1.54) is 10.4 Å². The van der Waals surface area contributed by atoms with Crippen LogP contribution in [0.5, 0.6) is 0 Å². The van der Waals surface area contributed by atoms with Gasteiger partial charge in [0.2, 0.25) is 10.0 Å². The van der Waals surface area contributed by atoms with Gasteiger partial charge >= 0.3 is 0 Å². The summed E-state index contributed by atoms with van der Waals surface area (Å²) < 4.78 is 46.0. The van der Waals surface area contributed by atoms with E-state index in [4.69, 9.17) is 10.5 Å². The molecule has 1 fully saturated rings. The molecule has 2 N–H and O–H groups in total. The Morgan fingerprint density at radius 2 is 2.19 bits per heavy atom. The van der Waals surface area contributed by atoms with Crippen molar-refractivity contribution in [3.8, 4) is 0 Å². The molecular formula is C14H21FN2O3S. The van der Waals surface area contributed by atoms with Gasteiger partial charge in [0.15, 0.2) is 0 Å². The van der Waals surface area contributed by atoms with Crippen molar-refractivity contribution in [2.45, 2.75) is 37.7 Å². The van der Waals surface area contributed by atoms with Crippen molar-refractivity contribution in [2.75, 3.05) is 25.4 Å². The largest absolute Gasteiger partial charge is 0.398 e. The van der Waals surface area contributed by atoms with Crippen LogP contribution in [0, 0.1) is 12.7 Å². The number of nitrogens with two attached hydrogens (primary N) is 1. The summed E-state index contributed by atoms with van der Waals surface area (Å²) in [4.78, 5) is -0.370. The number of hydrogen-bond donors (Lipinski definition) is 1. The first-order valence-corrected chi connectivity index (χ1v) is 8.47. The fraction of sp³-hybridized carbons (Fsp3) is 0.571. The molecule has 1 aliphatic rings. The zero-order valence-corrected chi connectivity index (χ0v) is 13.1. The van der Waals surface area contributed by atoms with Crippen LogP contribution in [-0.2, 0) is 14.8 Å². The third kappa shape index (κ3) is 3.36. The summed E-state index contributed by atoms with van der Waals surface area (Å²) in [5.74, 6) is -0.771. The number of nitrogens with zero attached hydrogens (tertiary/aromatic N) is 1. The van der Waals surface area contributed by atoms with Crippen LogP contribution in [0.3, 0.4) is 0 Å². The number of aryl methyl sites for hydroxylation is 1. The lowest BCUT2D eigenvalue weighted by Crippen LogP contribution is -2.37. The molecule has 0 aromatic heterocycles. The Balaban J connectivity index is 2.32. The Morgan fingerprint density at radius 1 is 1.48 bits per heavy atom. The molecule has 0 bridgehead atoms. The number of ether oxygens (including phenoxy) is 1. The van der Waals surface area contributed by atoms with Crippen LogP contribution >= 0.6 is 0 Å². The molecule has 0 amide bonds. The first-order chi connectivity index (χ1) is 9.86. The Labute approximate surface area is 124 Å². The van der Waals surface area contributed by atoms with Gasteiger partial charge in [-0.25, -0.2) is 12.8 Å². The van der Waals surface area contributed by atoms with Crippen LogP contribution in [0.4, 0.5) is 10.1 Å². The maximum absolute atomic E-state index is 14.0. The van der Waals surface area contributed by atoms with E-state index in [1.807, 2.05) is 0 Å². The average Bonchev–Trinajstić information content (AvgIpc) is 2.92. The summed E-state index contributed by atoms with van der Waals surface area (Å²) in [7, 11) is -3.91. The third-order valence-corrected chi connectivity index (χ3v) is 5.68. The second-order valence-electron chi connectivity index (χ2n) is 5.23. The molecule has 7 heteroatoms. The molecule has 118 valence electrons. The molecule has 1 aliphatic heterocycles. The van der Waals surface area contributed by atoms with Gasteiger partial charge < -0.3 is 10.5 Å². The number of hydrogen-bond acceptors (Lipinski definition) is 4. The fourth-order valence-electron chi connectivity index (χ4n) is 2.42. The van der Waals surface area contributed by atoms with E-state index < -0.39 is 15.8 Å². The second kappa shape index (κ2) is 6.29. The topological polar surface area (TPSA) is 72.6 Å². The maximum atomic E-state index is 14.0. The molecule has 0 aliphatic carbocycles. The third-order valence-electron chi connectivity index (χ3n) is 3.72. The molecule has 1 aromatic rings. The van der Waals surface area contributed by atoms with E-state index in [-0.39, 0.29) is 29.8 Å². The van der Waals surface area contributed by atoms with Crippen LogP contribution in [0.1, 0.15) is 25.3 Å². The molecule has 1 saturated heterocycles. The highest BCUT2D eigenvalue weighted by atomic mass is 32.2. The number of anilines is 1. The van der Waals surface area contributed by atoms with E-state index in [9.17, 15) is 12.8 Å². The molecule has 1 heterocycles. The molecular weight excluding hydrogens is 295 g/mol. The van der Waals surface area contributed by atoms with Crippen molar-refractivity contribution < 1.29 is 17.5 Å². The minimum Gasteiger partial charge on any atom is -0.398 e. The van der Waals surface area contributed by atoms with Gasteiger partial charge in [-0.3, -0.25) is 0 Å². The van der Waals surface area contributed by atoms with Crippen LogP contribution in [-0.4, -0.2) is 38.5 Å². The zero-order valence-electron chi connectivity index (χ0n) is 12.3. The van der Waals surface area contributed by atoms with Gasteiger partial charge in [0.25, 0.3) is 0 Å². The summed E-state index contributed by atoms with van der Waals surface area (Å²) in [5.41, 5.74) is 6.51. The fourth-order valence-corrected chi connectivity index (χ4v) is 3.98. The van der Waals surface area contributed by atoms with Crippen molar-refractivity contribution >= 4 is 15.7 Å². The van der Waals surface area contributed by atoms with Gasteiger partial charge in [0.1, 0.15) is 10.7 Å². The van der Waals surface area contributed by atoms with Gasteiger partial charge in [-0.15, -0.1) is 0 Å². The predicted octanol–water partition coefficient (Wildman–Crippen LogP) is 1.91.